The van der Waals surface area contributed by atoms with Crippen LogP contribution in [0.5, 0.6) is 0 Å². The minimum absolute atomic E-state index is 0.0793. The first-order valence-corrected chi connectivity index (χ1v) is 6.57. The first kappa shape index (κ1) is 13.2. The largest absolute Gasteiger partial charge is 0.344 e. The Morgan fingerprint density at radius 2 is 2.06 bits per heavy atom. The zero-order valence-electron chi connectivity index (χ0n) is 8.30. The van der Waals surface area contributed by atoms with E-state index >= 15 is 0 Å². The molecule has 1 aromatic rings. The van der Waals surface area contributed by atoms with E-state index in [-0.39, 0.29) is 11.3 Å². The molecule has 0 spiro atoms. The maximum atomic E-state index is 10.6. The van der Waals surface area contributed by atoms with Gasteiger partial charge >= 0.3 is 0 Å². The number of nitrogens with zero attached hydrogens (tertiary/aromatic N) is 2. The van der Waals surface area contributed by atoms with Gasteiger partial charge in [0.2, 0.25) is 10.7 Å². The minimum Gasteiger partial charge on any atom is -0.344 e. The van der Waals surface area contributed by atoms with Gasteiger partial charge in [-0.15, -0.1) is 0 Å². The van der Waals surface area contributed by atoms with Crippen LogP contribution in [0.25, 0.3) is 0 Å². The van der Waals surface area contributed by atoms with Crippen LogP contribution in [-0.2, 0) is 10.1 Å². The van der Waals surface area contributed by atoms with Gasteiger partial charge in [-0.1, -0.05) is 0 Å². The lowest BCUT2D eigenvalue weighted by molar-refractivity contribution is 0.483. The highest BCUT2D eigenvalue weighted by Gasteiger charge is 2.09. The Kier molecular flexibility index (Phi) is 4.13. The number of hydrogen-bond donors (Lipinski definition) is 3. The molecule has 0 atom stereocenters. The predicted molar refractivity (Wildman–Crippen MR) is 64.3 cm³/mol. The summed E-state index contributed by atoms with van der Waals surface area (Å²) in [5.41, 5.74) is 0. The zero-order chi connectivity index (χ0) is 12.3. The molecule has 0 aliphatic heterocycles. The van der Waals surface area contributed by atoms with Gasteiger partial charge in [-0.05, 0) is 24.4 Å². The minimum atomic E-state index is -3.99. The number of rotatable bonds is 4. The molecule has 0 fully saturated rings. The Hall–Kier alpha value is -0.840. The third-order valence-electron chi connectivity index (χ3n) is 1.70. The van der Waals surface area contributed by atoms with Crippen molar-refractivity contribution in [1.82, 2.24) is 15.0 Å². The van der Waals surface area contributed by atoms with Gasteiger partial charge < -0.3 is 14.9 Å². The fourth-order valence-corrected chi connectivity index (χ4v) is 1.87. The van der Waals surface area contributed by atoms with Crippen LogP contribution in [0.3, 0.4) is 0 Å². The van der Waals surface area contributed by atoms with Gasteiger partial charge in [0, 0.05) is 13.6 Å². The molecule has 1 rings (SSSR count). The predicted octanol–water partition coefficient (Wildman–Crippen LogP) is 0.521. The normalized spacial score (nSPS) is 11.4. The third-order valence-corrected chi connectivity index (χ3v) is 2.80. The van der Waals surface area contributed by atoms with Crippen molar-refractivity contribution in [3.05, 3.63) is 9.54 Å². The number of aromatic amines is 2. The van der Waals surface area contributed by atoms with Crippen LogP contribution < -0.4 is 4.90 Å². The Morgan fingerprint density at radius 1 is 1.44 bits per heavy atom. The van der Waals surface area contributed by atoms with Gasteiger partial charge in [-0.2, -0.15) is 13.4 Å². The monoisotopic (exact) mass is 282 g/mol. The molecule has 0 aliphatic rings. The van der Waals surface area contributed by atoms with Crippen LogP contribution >= 0.6 is 24.4 Å². The molecule has 0 aliphatic carbocycles. The average Bonchev–Trinajstić information content (AvgIpc) is 2.11. The highest BCUT2D eigenvalue weighted by atomic mass is 32.2. The lowest BCUT2D eigenvalue weighted by Crippen LogP contribution is -2.26. The Balaban J connectivity index is 2.85. The lowest BCUT2D eigenvalue weighted by atomic mass is 10.6. The van der Waals surface area contributed by atoms with Gasteiger partial charge in [-0.3, -0.25) is 4.55 Å². The molecular formula is C6H10N4O3S3. The molecule has 3 N–H and O–H groups in total. The standard InChI is InChI=1S/C6H10N4O3S3/c1-10(2-3-16(11,12)13)4-7-5(14)9-6(15)8-4/h2-3H2,1H3,(H,11,12,13)(H2,7,8,9,14,15). The van der Waals surface area contributed by atoms with Crippen molar-refractivity contribution in [2.24, 2.45) is 0 Å². The Bertz CT molecular complexity index is 547. The van der Waals surface area contributed by atoms with Crippen molar-refractivity contribution >= 4 is 40.5 Å². The average molecular weight is 282 g/mol. The maximum Gasteiger partial charge on any atom is 0.266 e. The molecule has 16 heavy (non-hydrogen) atoms. The summed E-state index contributed by atoms with van der Waals surface area (Å²) in [6.45, 7) is 0.0793. The summed E-state index contributed by atoms with van der Waals surface area (Å²) in [5.74, 6) is -0.0469. The molecule has 1 aromatic heterocycles. The van der Waals surface area contributed by atoms with Crippen LogP contribution in [0, 0.1) is 9.54 Å². The van der Waals surface area contributed by atoms with E-state index in [1.807, 2.05) is 0 Å². The van der Waals surface area contributed by atoms with Crippen molar-refractivity contribution in [2.75, 3.05) is 24.2 Å². The molecule has 0 radical (unpaired) electrons. The highest BCUT2D eigenvalue weighted by molar-refractivity contribution is 7.85. The van der Waals surface area contributed by atoms with E-state index in [0.717, 1.165) is 0 Å². The molecule has 1 heterocycles. The summed E-state index contributed by atoms with van der Waals surface area (Å²) >= 11 is 9.67. The van der Waals surface area contributed by atoms with Gasteiger partial charge in [0.15, 0.2) is 4.77 Å². The number of H-pyrrole nitrogens is 2. The quantitative estimate of drug-likeness (QED) is 0.546. The summed E-state index contributed by atoms with van der Waals surface area (Å²) < 4.78 is 30.2. The number of hydrogen-bond acceptors (Lipinski definition) is 6. The van der Waals surface area contributed by atoms with E-state index in [4.69, 9.17) is 29.0 Å². The van der Waals surface area contributed by atoms with Crippen LogP contribution in [-0.4, -0.2) is 47.3 Å². The summed E-state index contributed by atoms with van der Waals surface area (Å²) in [6, 6.07) is 0. The van der Waals surface area contributed by atoms with E-state index < -0.39 is 15.9 Å². The summed E-state index contributed by atoms with van der Waals surface area (Å²) in [5, 5.41) is 0. The molecule has 0 aromatic carbocycles. The summed E-state index contributed by atoms with van der Waals surface area (Å²) in [7, 11) is -2.39. The van der Waals surface area contributed by atoms with E-state index in [1.165, 1.54) is 4.90 Å². The fraction of sp³-hybridized carbons (Fsp3) is 0.500. The van der Waals surface area contributed by atoms with Gasteiger partial charge in [0.1, 0.15) is 0 Å². The molecule has 7 nitrogen and oxygen atoms in total. The van der Waals surface area contributed by atoms with Crippen LogP contribution in [0.4, 0.5) is 5.95 Å². The fourth-order valence-electron chi connectivity index (χ4n) is 0.921. The first-order chi connectivity index (χ1) is 7.28. The molecular weight excluding hydrogens is 272 g/mol. The second kappa shape index (κ2) is 4.99. The smallest absolute Gasteiger partial charge is 0.266 e. The van der Waals surface area contributed by atoms with Gasteiger partial charge in [-0.25, -0.2) is 0 Å². The summed E-state index contributed by atoms with van der Waals surface area (Å²) in [6.07, 6.45) is 0. The zero-order valence-corrected chi connectivity index (χ0v) is 10.7. The van der Waals surface area contributed by atoms with E-state index in [1.54, 1.807) is 7.05 Å². The number of nitrogens with one attached hydrogen (secondary N) is 2. The van der Waals surface area contributed by atoms with E-state index in [0.29, 0.717) is 10.7 Å². The third kappa shape index (κ3) is 4.35. The molecule has 0 unspecified atom stereocenters. The topological polar surface area (TPSA) is 102 Å². The molecule has 0 saturated carbocycles. The van der Waals surface area contributed by atoms with Crippen molar-refractivity contribution < 1.29 is 13.0 Å². The number of aromatic nitrogens is 3. The molecule has 0 amide bonds. The maximum absolute atomic E-state index is 10.6. The molecule has 0 saturated heterocycles. The Labute approximate surface area is 102 Å². The van der Waals surface area contributed by atoms with Crippen LogP contribution in [0.15, 0.2) is 0 Å². The van der Waals surface area contributed by atoms with Crippen molar-refractivity contribution in [3.63, 3.8) is 0 Å². The second-order valence-electron chi connectivity index (χ2n) is 3.03. The van der Waals surface area contributed by atoms with Crippen LogP contribution in [0.1, 0.15) is 0 Å². The molecule has 0 bridgehead atoms. The summed E-state index contributed by atoms with van der Waals surface area (Å²) in [4.78, 5) is 10.7. The van der Waals surface area contributed by atoms with Crippen LogP contribution in [0.2, 0.25) is 0 Å². The SMILES string of the molecule is CN(CCS(=O)(=O)O)c1nc(=S)[nH]c(=S)[nH]1. The molecule has 90 valence electrons. The van der Waals surface area contributed by atoms with E-state index in [2.05, 4.69) is 15.0 Å². The van der Waals surface area contributed by atoms with Crippen molar-refractivity contribution in [1.29, 1.82) is 0 Å². The second-order valence-corrected chi connectivity index (χ2v) is 5.39. The van der Waals surface area contributed by atoms with Gasteiger partial charge in [0.25, 0.3) is 10.1 Å². The van der Waals surface area contributed by atoms with Crippen molar-refractivity contribution in [2.45, 2.75) is 0 Å². The number of anilines is 1. The van der Waals surface area contributed by atoms with Crippen molar-refractivity contribution in [3.8, 4) is 0 Å². The van der Waals surface area contributed by atoms with Gasteiger partial charge in [0.05, 0.1) is 5.75 Å². The first-order valence-electron chi connectivity index (χ1n) is 4.15. The van der Waals surface area contributed by atoms with E-state index in [9.17, 15) is 8.42 Å². The highest BCUT2D eigenvalue weighted by Crippen LogP contribution is 2.02. The Morgan fingerprint density at radius 3 is 2.56 bits per heavy atom. The lowest BCUT2D eigenvalue weighted by Gasteiger charge is -2.15. The molecule has 10 heteroatoms.